The minimum atomic E-state index is 0.309. The highest BCUT2D eigenvalue weighted by molar-refractivity contribution is 5.03. The topological polar surface area (TPSA) is 9.23 Å². The van der Waals surface area contributed by atoms with Gasteiger partial charge < -0.3 is 4.74 Å². The molecule has 0 amide bonds. The van der Waals surface area contributed by atoms with E-state index in [0.717, 1.165) is 5.92 Å². The van der Waals surface area contributed by atoms with Crippen molar-refractivity contribution in [2.45, 2.75) is 59.0 Å². The molecule has 1 fully saturated rings. The predicted octanol–water partition coefficient (Wildman–Crippen LogP) is 3.63. The molecule has 0 aliphatic heterocycles. The molecule has 74 valence electrons. The highest BCUT2D eigenvalue weighted by Crippen LogP contribution is 2.51. The summed E-state index contributed by atoms with van der Waals surface area (Å²) in [4.78, 5) is 0. The third kappa shape index (κ3) is 2.48. The predicted molar refractivity (Wildman–Crippen MR) is 54.4 cm³/mol. The second kappa shape index (κ2) is 5.58. The van der Waals surface area contributed by atoms with E-state index in [9.17, 15) is 0 Å². The van der Waals surface area contributed by atoms with Gasteiger partial charge in [-0.2, -0.15) is 0 Å². The molecule has 0 radical (unpaired) electrons. The minimum Gasteiger partial charge on any atom is -0.378 e. The van der Waals surface area contributed by atoms with Crippen molar-refractivity contribution < 1.29 is 4.74 Å². The molecule has 1 aliphatic carbocycles. The third-order valence-electron chi connectivity index (χ3n) is 2.75. The fourth-order valence-electron chi connectivity index (χ4n) is 1.96. The van der Waals surface area contributed by atoms with E-state index in [2.05, 4.69) is 13.8 Å². The van der Waals surface area contributed by atoms with Crippen molar-refractivity contribution >= 4 is 0 Å². The fourth-order valence-corrected chi connectivity index (χ4v) is 1.96. The van der Waals surface area contributed by atoms with Crippen LogP contribution in [0.15, 0.2) is 0 Å². The molecular formula is C11H24O. The summed E-state index contributed by atoms with van der Waals surface area (Å²) >= 11 is 0. The van der Waals surface area contributed by atoms with E-state index in [1.54, 1.807) is 0 Å². The summed E-state index contributed by atoms with van der Waals surface area (Å²) in [5.41, 5.74) is 0.309. The van der Waals surface area contributed by atoms with Crippen molar-refractivity contribution in [3.05, 3.63) is 0 Å². The normalized spacial score (nSPS) is 32.2. The summed E-state index contributed by atoms with van der Waals surface area (Å²) in [6, 6.07) is 0. The van der Waals surface area contributed by atoms with Crippen LogP contribution in [-0.4, -0.2) is 12.7 Å². The van der Waals surface area contributed by atoms with Crippen molar-refractivity contribution in [3.8, 4) is 0 Å². The van der Waals surface area contributed by atoms with E-state index >= 15 is 0 Å². The molecule has 0 saturated heterocycles. The maximum atomic E-state index is 5.49. The van der Waals surface area contributed by atoms with Gasteiger partial charge in [0.15, 0.2) is 0 Å². The van der Waals surface area contributed by atoms with E-state index in [-0.39, 0.29) is 0 Å². The summed E-state index contributed by atoms with van der Waals surface area (Å²) in [5, 5.41) is 0. The van der Waals surface area contributed by atoms with Crippen LogP contribution in [0.4, 0.5) is 0 Å². The van der Waals surface area contributed by atoms with Gasteiger partial charge in [-0.1, -0.05) is 40.5 Å². The first kappa shape index (κ1) is 12.0. The lowest BCUT2D eigenvalue weighted by molar-refractivity contribution is 0.0567. The Bertz CT molecular complexity index is 112. The molecule has 0 aromatic heterocycles. The van der Waals surface area contributed by atoms with Crippen LogP contribution in [-0.2, 0) is 4.74 Å². The molecule has 2 atom stereocenters. The lowest BCUT2D eigenvalue weighted by atomic mass is 10.1. The van der Waals surface area contributed by atoms with E-state index in [1.807, 2.05) is 21.0 Å². The minimum absolute atomic E-state index is 0.309. The molecule has 1 rings (SSSR count). The van der Waals surface area contributed by atoms with E-state index < -0.39 is 0 Å². The first-order valence-electron chi connectivity index (χ1n) is 5.34. The van der Waals surface area contributed by atoms with Gasteiger partial charge in [0.2, 0.25) is 0 Å². The molecule has 2 unspecified atom stereocenters. The van der Waals surface area contributed by atoms with Gasteiger partial charge in [-0.15, -0.1) is 0 Å². The highest BCUT2D eigenvalue weighted by atomic mass is 16.5. The van der Waals surface area contributed by atoms with E-state index in [1.165, 1.54) is 25.7 Å². The Labute approximate surface area is 77.5 Å². The summed E-state index contributed by atoms with van der Waals surface area (Å²) in [7, 11) is 1.85. The largest absolute Gasteiger partial charge is 0.378 e. The molecule has 12 heavy (non-hydrogen) atoms. The van der Waals surface area contributed by atoms with Gasteiger partial charge in [-0.25, -0.2) is 0 Å². The van der Waals surface area contributed by atoms with Crippen LogP contribution in [0.1, 0.15) is 53.4 Å². The smallest absolute Gasteiger partial charge is 0.0711 e. The van der Waals surface area contributed by atoms with Gasteiger partial charge in [-0.3, -0.25) is 0 Å². The molecule has 1 nitrogen and oxygen atoms in total. The van der Waals surface area contributed by atoms with Crippen LogP contribution >= 0.6 is 0 Å². The fraction of sp³-hybridized carbons (Fsp3) is 1.00. The van der Waals surface area contributed by atoms with Crippen LogP contribution in [0.25, 0.3) is 0 Å². The van der Waals surface area contributed by atoms with Crippen molar-refractivity contribution in [1.29, 1.82) is 0 Å². The van der Waals surface area contributed by atoms with Gasteiger partial charge >= 0.3 is 0 Å². The molecule has 1 saturated carbocycles. The van der Waals surface area contributed by atoms with Crippen LogP contribution in [0.5, 0.6) is 0 Å². The zero-order chi connectivity index (χ0) is 9.61. The molecule has 1 heteroatoms. The standard InChI is InChI=1S/C9H18O.C2H6/c1-4-6-9(10-3)7-8(9)5-2;1-2/h8H,4-7H2,1-3H3;1-2H3. The lowest BCUT2D eigenvalue weighted by Crippen LogP contribution is -2.14. The van der Waals surface area contributed by atoms with Crippen molar-refractivity contribution in [1.82, 2.24) is 0 Å². The van der Waals surface area contributed by atoms with Crippen LogP contribution in [0, 0.1) is 5.92 Å². The number of hydrogen-bond acceptors (Lipinski definition) is 1. The zero-order valence-electron chi connectivity index (χ0n) is 9.31. The second-order valence-corrected chi connectivity index (χ2v) is 3.33. The summed E-state index contributed by atoms with van der Waals surface area (Å²) in [5.74, 6) is 0.859. The van der Waals surface area contributed by atoms with E-state index in [4.69, 9.17) is 4.74 Å². The van der Waals surface area contributed by atoms with Crippen LogP contribution < -0.4 is 0 Å². The van der Waals surface area contributed by atoms with Crippen LogP contribution in [0.2, 0.25) is 0 Å². The zero-order valence-corrected chi connectivity index (χ0v) is 9.31. The van der Waals surface area contributed by atoms with Gasteiger partial charge in [0.1, 0.15) is 0 Å². The average Bonchev–Trinajstić information content (AvgIpc) is 2.84. The SMILES string of the molecule is CC.CCCC1(OC)CC1CC. The molecule has 0 spiro atoms. The summed E-state index contributed by atoms with van der Waals surface area (Å²) < 4.78 is 5.49. The Morgan fingerprint density at radius 3 is 2.17 bits per heavy atom. The van der Waals surface area contributed by atoms with Crippen LogP contribution in [0.3, 0.4) is 0 Å². The molecule has 0 heterocycles. The Kier molecular flexibility index (Phi) is 5.56. The number of ether oxygens (including phenoxy) is 1. The van der Waals surface area contributed by atoms with Crippen molar-refractivity contribution in [2.75, 3.05) is 7.11 Å². The number of rotatable bonds is 4. The molecule has 1 aliphatic rings. The van der Waals surface area contributed by atoms with Gasteiger partial charge in [0.25, 0.3) is 0 Å². The molecule has 0 aromatic rings. The second-order valence-electron chi connectivity index (χ2n) is 3.33. The van der Waals surface area contributed by atoms with Gasteiger partial charge in [0.05, 0.1) is 5.60 Å². The molecule has 0 bridgehead atoms. The Morgan fingerprint density at radius 2 is 1.92 bits per heavy atom. The highest BCUT2D eigenvalue weighted by Gasteiger charge is 2.52. The molecule has 0 aromatic carbocycles. The summed E-state index contributed by atoms with van der Waals surface area (Å²) in [6.45, 7) is 8.48. The van der Waals surface area contributed by atoms with E-state index in [0.29, 0.717) is 5.60 Å². The van der Waals surface area contributed by atoms with Gasteiger partial charge in [0, 0.05) is 7.11 Å². The number of hydrogen-bond donors (Lipinski definition) is 0. The Balaban J connectivity index is 0.000000561. The maximum absolute atomic E-state index is 5.49. The molecule has 0 N–H and O–H groups in total. The average molecular weight is 172 g/mol. The first-order valence-corrected chi connectivity index (χ1v) is 5.34. The van der Waals surface area contributed by atoms with Crippen molar-refractivity contribution in [3.63, 3.8) is 0 Å². The first-order chi connectivity index (χ1) is 5.79. The Morgan fingerprint density at radius 1 is 1.33 bits per heavy atom. The quantitative estimate of drug-likeness (QED) is 0.629. The monoisotopic (exact) mass is 172 g/mol. The molecular weight excluding hydrogens is 148 g/mol. The summed E-state index contributed by atoms with van der Waals surface area (Å²) in [6.07, 6.45) is 5.09. The van der Waals surface area contributed by atoms with Gasteiger partial charge in [-0.05, 0) is 18.8 Å². The van der Waals surface area contributed by atoms with Crippen molar-refractivity contribution in [2.24, 2.45) is 5.92 Å². The Hall–Kier alpha value is -0.0400. The third-order valence-corrected chi connectivity index (χ3v) is 2.75. The number of methoxy groups -OCH3 is 1. The lowest BCUT2D eigenvalue weighted by Gasteiger charge is -2.13. The maximum Gasteiger partial charge on any atom is 0.0711 e.